The summed E-state index contributed by atoms with van der Waals surface area (Å²) in [5, 5.41) is 2.92. The Kier molecular flexibility index (Phi) is 7.28. The van der Waals surface area contributed by atoms with Crippen molar-refractivity contribution in [1.82, 2.24) is 5.32 Å². The van der Waals surface area contributed by atoms with E-state index in [2.05, 4.69) is 5.32 Å². The molecule has 1 amide bonds. The molecule has 2 aromatic carbocycles. The van der Waals surface area contributed by atoms with E-state index >= 15 is 0 Å². The molecule has 0 bridgehead atoms. The second kappa shape index (κ2) is 10.1. The number of amides is 1. The zero-order valence-electron chi connectivity index (χ0n) is 17.1. The summed E-state index contributed by atoms with van der Waals surface area (Å²) in [4.78, 5) is 24.2. The molecule has 3 rings (SSSR count). The Labute approximate surface area is 172 Å². The van der Waals surface area contributed by atoms with Gasteiger partial charge < -0.3 is 14.8 Å². The minimum absolute atomic E-state index is 0.0259. The van der Waals surface area contributed by atoms with Gasteiger partial charge in [-0.05, 0) is 61.6 Å². The van der Waals surface area contributed by atoms with E-state index in [-0.39, 0.29) is 17.7 Å². The van der Waals surface area contributed by atoms with Crippen LogP contribution in [0, 0.1) is 5.92 Å². The van der Waals surface area contributed by atoms with Crippen LogP contribution in [0.25, 0.3) is 0 Å². The molecule has 1 saturated carbocycles. The van der Waals surface area contributed by atoms with Crippen LogP contribution >= 0.6 is 0 Å². The Morgan fingerprint density at radius 2 is 1.79 bits per heavy atom. The van der Waals surface area contributed by atoms with Crippen LogP contribution in [0.15, 0.2) is 48.5 Å². The molecule has 154 valence electrons. The summed E-state index contributed by atoms with van der Waals surface area (Å²) in [5.41, 5.74) is 2.13. The summed E-state index contributed by atoms with van der Waals surface area (Å²) < 4.78 is 10.7. The number of Topliss-reactive ketones (excluding diaryl/α,β-unsaturated/α-hetero) is 1. The number of methoxy groups -OCH3 is 1. The lowest BCUT2D eigenvalue weighted by molar-refractivity contribution is -0.122. The van der Waals surface area contributed by atoms with Crippen LogP contribution in [0.3, 0.4) is 0 Å². The first-order valence-corrected chi connectivity index (χ1v) is 10.2. The van der Waals surface area contributed by atoms with E-state index in [0.717, 1.165) is 48.3 Å². The fraction of sp³-hybridized carbons (Fsp3) is 0.417. The van der Waals surface area contributed by atoms with E-state index in [1.807, 2.05) is 55.5 Å². The molecule has 1 aliphatic rings. The predicted octanol–water partition coefficient (Wildman–Crippen LogP) is 3.91. The summed E-state index contributed by atoms with van der Waals surface area (Å²) in [6.07, 6.45) is 3.55. The van der Waals surface area contributed by atoms with Gasteiger partial charge in [0.1, 0.15) is 23.9 Å². The maximum absolute atomic E-state index is 12.4. The molecule has 2 atom stereocenters. The van der Waals surface area contributed by atoms with E-state index in [9.17, 15) is 9.59 Å². The average molecular weight is 395 g/mol. The number of hydrogen-bond acceptors (Lipinski definition) is 4. The largest absolute Gasteiger partial charge is 0.497 e. The van der Waals surface area contributed by atoms with Crippen LogP contribution in [0.4, 0.5) is 0 Å². The van der Waals surface area contributed by atoms with Crippen LogP contribution in [0.5, 0.6) is 11.5 Å². The van der Waals surface area contributed by atoms with Gasteiger partial charge in [0.25, 0.3) is 0 Å². The highest BCUT2D eigenvalue weighted by Crippen LogP contribution is 2.26. The number of carbonyl (C=O) groups is 2. The van der Waals surface area contributed by atoms with Crippen LogP contribution in [-0.4, -0.2) is 32.0 Å². The minimum atomic E-state index is -0.238. The maximum atomic E-state index is 12.4. The molecule has 5 heteroatoms. The zero-order valence-corrected chi connectivity index (χ0v) is 17.1. The Morgan fingerprint density at radius 1 is 1.10 bits per heavy atom. The van der Waals surface area contributed by atoms with Gasteiger partial charge in [0.05, 0.1) is 19.6 Å². The van der Waals surface area contributed by atoms with Crippen molar-refractivity contribution in [2.75, 3.05) is 20.3 Å². The Hall–Kier alpha value is -2.82. The monoisotopic (exact) mass is 395 g/mol. The van der Waals surface area contributed by atoms with Gasteiger partial charge in [0, 0.05) is 12.3 Å². The van der Waals surface area contributed by atoms with Crippen LogP contribution in [0.1, 0.15) is 43.2 Å². The number of benzene rings is 2. The van der Waals surface area contributed by atoms with Crippen molar-refractivity contribution in [3.8, 4) is 11.5 Å². The molecule has 5 nitrogen and oxygen atoms in total. The second-order valence-corrected chi connectivity index (χ2v) is 7.54. The highest BCUT2D eigenvalue weighted by Gasteiger charge is 2.24. The number of ketones is 1. The number of nitrogens with one attached hydrogen (secondary N) is 1. The van der Waals surface area contributed by atoms with Gasteiger partial charge in [-0.1, -0.05) is 24.3 Å². The number of hydrogen-bond donors (Lipinski definition) is 1. The number of carbonyl (C=O) groups excluding carboxylic acids is 2. The first-order chi connectivity index (χ1) is 14.1. The van der Waals surface area contributed by atoms with Gasteiger partial charge in [0.15, 0.2) is 0 Å². The molecule has 1 N–H and O–H groups in total. The molecule has 0 spiro atoms. The van der Waals surface area contributed by atoms with Crippen molar-refractivity contribution >= 4 is 11.7 Å². The van der Waals surface area contributed by atoms with Gasteiger partial charge in [-0.15, -0.1) is 0 Å². The molecule has 1 fully saturated rings. The van der Waals surface area contributed by atoms with Crippen molar-refractivity contribution in [2.24, 2.45) is 5.92 Å². The molecule has 0 aromatic heterocycles. The summed E-state index contributed by atoms with van der Waals surface area (Å²) in [6.45, 7) is 2.74. The van der Waals surface area contributed by atoms with Gasteiger partial charge in [-0.25, -0.2) is 0 Å². The molecule has 0 radical (unpaired) electrons. The van der Waals surface area contributed by atoms with Gasteiger partial charge in [-0.2, -0.15) is 0 Å². The summed E-state index contributed by atoms with van der Waals surface area (Å²) in [7, 11) is 1.62. The molecular formula is C24H29NO4. The minimum Gasteiger partial charge on any atom is -0.497 e. The number of ether oxygens (including phenoxy) is 2. The van der Waals surface area contributed by atoms with Gasteiger partial charge in [-0.3, -0.25) is 9.59 Å². The smallest absolute Gasteiger partial charge is 0.227 e. The first-order valence-electron chi connectivity index (χ1n) is 10.2. The average Bonchev–Trinajstić information content (AvgIpc) is 3.16. The normalized spacial score (nSPS) is 17.0. The van der Waals surface area contributed by atoms with E-state index in [0.29, 0.717) is 18.9 Å². The lowest BCUT2D eigenvalue weighted by Crippen LogP contribution is -2.31. The Balaban J connectivity index is 1.42. The van der Waals surface area contributed by atoms with Crippen LogP contribution < -0.4 is 14.8 Å². The van der Waals surface area contributed by atoms with Crippen molar-refractivity contribution in [2.45, 2.75) is 38.5 Å². The van der Waals surface area contributed by atoms with Crippen LogP contribution in [0.2, 0.25) is 0 Å². The van der Waals surface area contributed by atoms with E-state index in [4.69, 9.17) is 9.47 Å². The molecule has 1 aliphatic carbocycles. The SMILES string of the molecule is COc1ccc(OCCNC(=O)[C@H](C)c2ccc(C[C@@H]3CCCC3=O)cc2)cc1. The number of rotatable bonds is 9. The fourth-order valence-corrected chi connectivity index (χ4v) is 3.65. The fourth-order valence-electron chi connectivity index (χ4n) is 3.65. The summed E-state index contributed by atoms with van der Waals surface area (Å²) >= 11 is 0. The molecule has 0 saturated heterocycles. The Bertz CT molecular complexity index is 814. The zero-order chi connectivity index (χ0) is 20.6. The quantitative estimate of drug-likeness (QED) is 0.654. The predicted molar refractivity (Wildman–Crippen MR) is 112 cm³/mol. The molecular weight excluding hydrogens is 366 g/mol. The third-order valence-electron chi connectivity index (χ3n) is 5.52. The molecule has 29 heavy (non-hydrogen) atoms. The highest BCUT2D eigenvalue weighted by molar-refractivity contribution is 5.83. The van der Waals surface area contributed by atoms with Crippen molar-refractivity contribution in [3.05, 3.63) is 59.7 Å². The standard InChI is InChI=1S/C24H29NO4/c1-17(19-8-6-18(7-9-19)16-20-4-3-5-23(20)26)24(27)25-14-15-29-22-12-10-21(28-2)11-13-22/h6-13,17,20H,3-5,14-16H2,1-2H3,(H,25,27)/t17-,20+/m1/s1. The van der Waals surface area contributed by atoms with Crippen molar-refractivity contribution in [1.29, 1.82) is 0 Å². The van der Waals surface area contributed by atoms with Crippen LogP contribution in [-0.2, 0) is 16.0 Å². The lowest BCUT2D eigenvalue weighted by Gasteiger charge is -2.14. The van der Waals surface area contributed by atoms with Gasteiger partial charge in [0.2, 0.25) is 5.91 Å². The summed E-state index contributed by atoms with van der Waals surface area (Å²) in [5.74, 6) is 1.82. The molecule has 0 aliphatic heterocycles. The Morgan fingerprint density at radius 3 is 2.41 bits per heavy atom. The molecule has 0 unspecified atom stereocenters. The van der Waals surface area contributed by atoms with E-state index in [1.165, 1.54) is 0 Å². The highest BCUT2D eigenvalue weighted by atomic mass is 16.5. The molecule has 0 heterocycles. The lowest BCUT2D eigenvalue weighted by atomic mass is 9.94. The third kappa shape index (κ3) is 5.83. The van der Waals surface area contributed by atoms with E-state index < -0.39 is 0 Å². The molecule has 2 aromatic rings. The topological polar surface area (TPSA) is 64.6 Å². The third-order valence-corrected chi connectivity index (χ3v) is 5.52. The van der Waals surface area contributed by atoms with Crippen molar-refractivity contribution < 1.29 is 19.1 Å². The summed E-state index contributed by atoms with van der Waals surface area (Å²) in [6, 6.07) is 15.4. The van der Waals surface area contributed by atoms with E-state index in [1.54, 1.807) is 7.11 Å². The second-order valence-electron chi connectivity index (χ2n) is 7.54. The maximum Gasteiger partial charge on any atom is 0.227 e. The first kappa shape index (κ1) is 20.9. The van der Waals surface area contributed by atoms with Gasteiger partial charge >= 0.3 is 0 Å². The van der Waals surface area contributed by atoms with Crippen molar-refractivity contribution in [3.63, 3.8) is 0 Å².